The van der Waals surface area contributed by atoms with Crippen LogP contribution in [0.2, 0.25) is 5.02 Å². The predicted molar refractivity (Wildman–Crippen MR) is 136 cm³/mol. The number of thiophene rings is 1. The first-order chi connectivity index (χ1) is 16.1. The maximum Gasteiger partial charge on any atom is 0.143 e. The Morgan fingerprint density at radius 2 is 1.88 bits per heavy atom. The minimum Gasteiger partial charge on any atom is -0.363 e. The molecule has 2 atom stereocenters. The third-order valence-electron chi connectivity index (χ3n) is 7.72. The first-order valence-electron chi connectivity index (χ1n) is 12.4. The first-order valence-corrected chi connectivity index (χ1v) is 13.6. The van der Waals surface area contributed by atoms with E-state index in [2.05, 4.69) is 34.7 Å². The highest BCUT2D eigenvalue weighted by molar-refractivity contribution is 7.16. The molecule has 7 heteroatoms. The van der Waals surface area contributed by atoms with Crippen molar-refractivity contribution in [2.75, 3.05) is 44.7 Å². The second-order valence-electron chi connectivity index (χ2n) is 9.94. The Kier molecular flexibility index (Phi) is 7.60. The van der Waals surface area contributed by atoms with Gasteiger partial charge in [0.1, 0.15) is 12.8 Å². The van der Waals surface area contributed by atoms with Crippen molar-refractivity contribution in [3.63, 3.8) is 0 Å². The number of anilines is 1. The van der Waals surface area contributed by atoms with Crippen LogP contribution in [0, 0.1) is 11.8 Å². The zero-order valence-electron chi connectivity index (χ0n) is 19.8. The van der Waals surface area contributed by atoms with Crippen LogP contribution in [0.3, 0.4) is 0 Å². The molecular formula is C26H36ClN3O2S. The second-order valence-corrected chi connectivity index (χ2v) is 11.5. The quantitative estimate of drug-likeness (QED) is 0.382. The minimum atomic E-state index is -0.0933. The molecule has 5 rings (SSSR count). The molecule has 4 heterocycles. The molecule has 3 aliphatic rings. The van der Waals surface area contributed by atoms with Crippen LogP contribution in [0.4, 0.5) is 5.00 Å². The van der Waals surface area contributed by atoms with Crippen LogP contribution in [0.25, 0.3) is 0 Å². The van der Waals surface area contributed by atoms with Crippen LogP contribution in [0.1, 0.15) is 42.2 Å². The third-order valence-corrected chi connectivity index (χ3v) is 9.39. The summed E-state index contributed by atoms with van der Waals surface area (Å²) in [6, 6.07) is 10.2. The van der Waals surface area contributed by atoms with E-state index in [1.165, 1.54) is 56.0 Å². The summed E-state index contributed by atoms with van der Waals surface area (Å²) in [5.74, 6) is 1.84. The van der Waals surface area contributed by atoms with Crippen LogP contribution in [-0.2, 0) is 29.3 Å². The summed E-state index contributed by atoms with van der Waals surface area (Å²) in [5, 5.41) is 2.18. The number of hydrogen-bond donors (Lipinski definition) is 0. The topological polar surface area (TPSA) is 28.2 Å². The Labute approximate surface area is 207 Å². The van der Waals surface area contributed by atoms with E-state index in [4.69, 9.17) is 21.4 Å². The number of benzene rings is 1. The number of fused-ring (bicyclic) bond motifs is 1. The van der Waals surface area contributed by atoms with Gasteiger partial charge in [-0.05, 0) is 81.3 Å². The highest BCUT2D eigenvalue weighted by Crippen LogP contribution is 2.38. The summed E-state index contributed by atoms with van der Waals surface area (Å²) >= 11 is 8.22. The molecule has 0 amide bonds. The lowest BCUT2D eigenvalue weighted by Crippen LogP contribution is -2.38. The molecule has 1 aromatic heterocycles. The SMILES string of the molecule is C[C@H](OOCc1ccccc1Cl)N1CCc2sc(N3CCC(C4CCN(C)C4)CC3)cc2C1. The molecule has 0 aliphatic carbocycles. The molecule has 2 fully saturated rings. The van der Waals surface area contributed by atoms with Gasteiger partial charge in [-0.25, -0.2) is 9.78 Å². The third kappa shape index (κ3) is 5.58. The fourth-order valence-electron chi connectivity index (χ4n) is 5.62. The van der Waals surface area contributed by atoms with E-state index in [9.17, 15) is 0 Å². The molecule has 0 N–H and O–H groups in total. The monoisotopic (exact) mass is 489 g/mol. The normalized spacial score (nSPS) is 23.7. The van der Waals surface area contributed by atoms with Crippen LogP contribution >= 0.6 is 22.9 Å². The Hall–Kier alpha value is -1.15. The van der Waals surface area contributed by atoms with Gasteiger partial charge < -0.3 is 9.80 Å². The smallest absolute Gasteiger partial charge is 0.143 e. The van der Waals surface area contributed by atoms with Crippen molar-refractivity contribution in [3.8, 4) is 0 Å². The maximum atomic E-state index is 6.21. The molecule has 1 aromatic carbocycles. The number of halogens is 1. The minimum absolute atomic E-state index is 0.0933. The number of nitrogens with zero attached hydrogens (tertiary/aromatic N) is 3. The van der Waals surface area contributed by atoms with Crippen molar-refractivity contribution in [2.24, 2.45) is 11.8 Å². The van der Waals surface area contributed by atoms with Gasteiger partial charge in [-0.15, -0.1) is 11.3 Å². The molecule has 5 nitrogen and oxygen atoms in total. The van der Waals surface area contributed by atoms with Gasteiger partial charge in [0.15, 0.2) is 0 Å². The lowest BCUT2D eigenvalue weighted by Gasteiger charge is -2.35. The molecule has 180 valence electrons. The first kappa shape index (κ1) is 23.6. The molecule has 0 radical (unpaired) electrons. The summed E-state index contributed by atoms with van der Waals surface area (Å²) < 4.78 is 0. The standard InChI is InChI=1S/C26H36ClN3O2S/c1-19(32-31-18-22-5-3-4-6-24(22)27)30-14-10-25-23(17-30)15-26(33-25)29-12-8-20(9-13-29)21-7-11-28(2)16-21/h3-6,15,19-21H,7-14,16-18H2,1-2H3/t19-,21?/m0/s1. The Morgan fingerprint density at radius 1 is 1.09 bits per heavy atom. The lowest BCUT2D eigenvalue weighted by atomic mass is 9.84. The number of piperidine rings is 1. The predicted octanol–water partition coefficient (Wildman–Crippen LogP) is 5.42. The highest BCUT2D eigenvalue weighted by atomic mass is 35.5. The summed E-state index contributed by atoms with van der Waals surface area (Å²) in [6.07, 6.45) is 5.08. The second kappa shape index (κ2) is 10.6. The van der Waals surface area contributed by atoms with E-state index in [-0.39, 0.29) is 6.23 Å². The van der Waals surface area contributed by atoms with Crippen molar-refractivity contribution < 1.29 is 9.78 Å². The Bertz CT molecular complexity index is 930. The molecule has 3 aliphatic heterocycles. The lowest BCUT2D eigenvalue weighted by molar-refractivity contribution is -0.356. The average Bonchev–Trinajstić information content (AvgIpc) is 3.46. The van der Waals surface area contributed by atoms with Crippen LogP contribution in [0.5, 0.6) is 0 Å². The summed E-state index contributed by atoms with van der Waals surface area (Å²) in [4.78, 5) is 20.3. The summed E-state index contributed by atoms with van der Waals surface area (Å²) in [5.41, 5.74) is 2.40. The maximum absolute atomic E-state index is 6.21. The van der Waals surface area contributed by atoms with Gasteiger partial charge in [0.25, 0.3) is 0 Å². The summed E-state index contributed by atoms with van der Waals surface area (Å²) in [6.45, 7) is 9.36. The van der Waals surface area contributed by atoms with Crippen molar-refractivity contribution in [1.29, 1.82) is 0 Å². The van der Waals surface area contributed by atoms with E-state index >= 15 is 0 Å². The molecule has 0 spiro atoms. The van der Waals surface area contributed by atoms with E-state index in [1.807, 2.05) is 35.6 Å². The molecule has 33 heavy (non-hydrogen) atoms. The van der Waals surface area contributed by atoms with Crippen molar-refractivity contribution in [3.05, 3.63) is 51.4 Å². The van der Waals surface area contributed by atoms with Crippen molar-refractivity contribution in [1.82, 2.24) is 9.80 Å². The average molecular weight is 490 g/mol. The molecular weight excluding hydrogens is 454 g/mol. The van der Waals surface area contributed by atoms with Gasteiger partial charge >= 0.3 is 0 Å². The largest absolute Gasteiger partial charge is 0.363 e. The number of likely N-dealkylation sites (tertiary alicyclic amines) is 1. The zero-order chi connectivity index (χ0) is 22.8. The van der Waals surface area contributed by atoms with E-state index < -0.39 is 0 Å². The van der Waals surface area contributed by atoms with Gasteiger partial charge in [0.2, 0.25) is 0 Å². The Balaban J connectivity index is 1.11. The van der Waals surface area contributed by atoms with Gasteiger partial charge in [0.05, 0.1) is 5.00 Å². The molecule has 2 aromatic rings. The van der Waals surface area contributed by atoms with Crippen LogP contribution in [-0.4, -0.2) is 55.8 Å². The Morgan fingerprint density at radius 3 is 2.64 bits per heavy atom. The fraction of sp³-hybridized carbons (Fsp3) is 0.615. The molecule has 0 saturated carbocycles. The van der Waals surface area contributed by atoms with Crippen molar-refractivity contribution >= 4 is 27.9 Å². The fourth-order valence-corrected chi connectivity index (χ4v) is 7.03. The van der Waals surface area contributed by atoms with E-state index in [0.717, 1.165) is 36.9 Å². The zero-order valence-corrected chi connectivity index (χ0v) is 21.4. The number of rotatable bonds is 7. The van der Waals surface area contributed by atoms with E-state index in [1.54, 1.807) is 4.88 Å². The molecule has 2 saturated heterocycles. The molecule has 1 unspecified atom stereocenters. The van der Waals surface area contributed by atoms with Crippen LogP contribution < -0.4 is 4.90 Å². The van der Waals surface area contributed by atoms with Gasteiger partial charge in [-0.3, -0.25) is 4.90 Å². The van der Waals surface area contributed by atoms with Gasteiger partial charge in [-0.1, -0.05) is 29.8 Å². The highest BCUT2D eigenvalue weighted by Gasteiger charge is 2.32. The van der Waals surface area contributed by atoms with Crippen molar-refractivity contribution in [2.45, 2.75) is 52.0 Å². The van der Waals surface area contributed by atoms with Gasteiger partial charge in [-0.2, -0.15) is 0 Å². The van der Waals surface area contributed by atoms with Gasteiger partial charge in [0, 0.05) is 42.6 Å². The molecule has 0 bridgehead atoms. The van der Waals surface area contributed by atoms with E-state index in [0.29, 0.717) is 11.6 Å². The summed E-state index contributed by atoms with van der Waals surface area (Å²) in [7, 11) is 2.27. The number of hydrogen-bond acceptors (Lipinski definition) is 6. The van der Waals surface area contributed by atoms with Crippen LogP contribution in [0.15, 0.2) is 30.3 Å².